The number of hydrogen-bond donors (Lipinski definition) is 2. The van der Waals surface area contributed by atoms with E-state index < -0.39 is 0 Å². The van der Waals surface area contributed by atoms with Crippen molar-refractivity contribution in [3.05, 3.63) is 35.9 Å². The average molecular weight is 549 g/mol. The minimum Gasteiger partial charge on any atom is -0.495 e. The number of methoxy groups -OCH3 is 1. The Morgan fingerprint density at radius 1 is 1.02 bits per heavy atom. The van der Waals surface area contributed by atoms with E-state index in [-0.39, 0.29) is 29.8 Å². The number of hydrogen-bond acceptors (Lipinski definition) is 7. The monoisotopic (exact) mass is 548 g/mol. The second-order valence-electron chi connectivity index (χ2n) is 11.1. The lowest BCUT2D eigenvalue weighted by Crippen LogP contribution is -2.55. The highest BCUT2D eigenvalue weighted by atomic mass is 16.5. The zero-order valence-electron chi connectivity index (χ0n) is 23.9. The molecule has 0 spiro atoms. The van der Waals surface area contributed by atoms with E-state index in [4.69, 9.17) is 9.72 Å². The summed E-state index contributed by atoms with van der Waals surface area (Å²) in [7, 11) is 3.39. The molecule has 2 aliphatic heterocycles. The first-order chi connectivity index (χ1) is 19.3. The number of nitrogens with one attached hydrogen (secondary N) is 2. The van der Waals surface area contributed by atoms with Crippen LogP contribution in [0.15, 0.2) is 30.3 Å². The number of rotatable bonds is 6. The summed E-state index contributed by atoms with van der Waals surface area (Å²) in [6.07, 6.45) is 7.18. The minimum atomic E-state index is -0.273. The molecule has 5 rings (SSSR count). The van der Waals surface area contributed by atoms with Crippen molar-refractivity contribution in [3.63, 3.8) is 0 Å². The molecule has 0 radical (unpaired) electrons. The lowest BCUT2D eigenvalue weighted by atomic mass is 9.92. The normalized spacial score (nSPS) is 20.2. The summed E-state index contributed by atoms with van der Waals surface area (Å²) in [5.41, 5.74) is 2.01. The Morgan fingerprint density at radius 3 is 2.42 bits per heavy atom. The summed E-state index contributed by atoms with van der Waals surface area (Å²) in [6, 6.07) is 9.18. The van der Waals surface area contributed by atoms with Crippen LogP contribution in [0.2, 0.25) is 0 Å². The summed E-state index contributed by atoms with van der Waals surface area (Å²) < 4.78 is 5.64. The van der Waals surface area contributed by atoms with Gasteiger partial charge in [-0.05, 0) is 62.9 Å². The van der Waals surface area contributed by atoms with Gasteiger partial charge in [-0.2, -0.15) is 0 Å². The van der Waals surface area contributed by atoms with Crippen molar-refractivity contribution < 1.29 is 19.1 Å². The highest BCUT2D eigenvalue weighted by molar-refractivity contribution is 6.04. The van der Waals surface area contributed by atoms with Crippen LogP contribution in [0.1, 0.15) is 69.2 Å². The van der Waals surface area contributed by atoms with E-state index in [0.717, 1.165) is 37.2 Å². The average Bonchev–Trinajstić information content (AvgIpc) is 2.97. The zero-order valence-corrected chi connectivity index (χ0v) is 23.9. The molecule has 2 fully saturated rings. The summed E-state index contributed by atoms with van der Waals surface area (Å²) >= 11 is 0. The second kappa shape index (κ2) is 11.7. The maximum atomic E-state index is 13.0. The molecule has 214 valence electrons. The summed E-state index contributed by atoms with van der Waals surface area (Å²) in [5, 5.41) is 6.46. The van der Waals surface area contributed by atoms with Crippen molar-refractivity contribution >= 4 is 40.7 Å². The van der Waals surface area contributed by atoms with E-state index in [2.05, 4.69) is 15.5 Å². The van der Waals surface area contributed by atoms with Crippen molar-refractivity contribution in [3.8, 4) is 5.75 Å². The molecule has 2 N–H and O–H groups in total. The number of likely N-dealkylation sites (N-methyl/N-ethyl adjacent to an activating group) is 1. The van der Waals surface area contributed by atoms with Gasteiger partial charge in [-0.25, -0.2) is 4.98 Å². The van der Waals surface area contributed by atoms with Crippen molar-refractivity contribution in [2.24, 2.45) is 0 Å². The fourth-order valence-corrected chi connectivity index (χ4v) is 6.19. The van der Waals surface area contributed by atoms with Gasteiger partial charge in [0.1, 0.15) is 17.6 Å². The van der Waals surface area contributed by atoms with Crippen molar-refractivity contribution in [1.29, 1.82) is 0 Å². The van der Waals surface area contributed by atoms with Crippen LogP contribution in [0.25, 0.3) is 0 Å². The van der Waals surface area contributed by atoms with Gasteiger partial charge in [0.05, 0.1) is 18.5 Å². The standard InChI is InChI=1S/C30H40N6O4/c1-19-30(39)34(3)25-12-13-27(33-28(25)36(19)23-8-6-5-7-9-23)32-24-11-10-21(18-26(24)40-4)29(38)31-22-14-16-35(17-15-22)20(2)37/h10-13,18-19,22-23H,5-9,14-17H2,1-4H3,(H,31,38)(H,32,33)/t19-/m1/s1. The Bertz CT molecular complexity index is 1270. The molecule has 1 saturated heterocycles. The summed E-state index contributed by atoms with van der Waals surface area (Å²) in [5.74, 6) is 1.98. The molecule has 40 heavy (non-hydrogen) atoms. The highest BCUT2D eigenvalue weighted by Gasteiger charge is 2.39. The molecular weight excluding hydrogens is 508 g/mol. The Kier molecular flexibility index (Phi) is 8.14. The molecule has 3 amide bonds. The van der Waals surface area contributed by atoms with Gasteiger partial charge in [0.2, 0.25) is 11.8 Å². The predicted octanol–water partition coefficient (Wildman–Crippen LogP) is 4.08. The topological polar surface area (TPSA) is 107 Å². The Hall–Kier alpha value is -3.82. The second-order valence-corrected chi connectivity index (χ2v) is 11.1. The molecule has 10 nitrogen and oxygen atoms in total. The van der Waals surface area contributed by atoms with E-state index in [1.807, 2.05) is 37.1 Å². The lowest BCUT2D eigenvalue weighted by molar-refractivity contribution is -0.129. The quantitative estimate of drug-likeness (QED) is 0.560. The van der Waals surface area contributed by atoms with E-state index in [1.165, 1.54) is 19.3 Å². The van der Waals surface area contributed by atoms with Crippen LogP contribution in [0, 0.1) is 0 Å². The Labute approximate surface area is 236 Å². The molecule has 1 aliphatic carbocycles. The van der Waals surface area contributed by atoms with E-state index in [1.54, 1.807) is 31.1 Å². The third-order valence-electron chi connectivity index (χ3n) is 8.54. The maximum absolute atomic E-state index is 13.0. The number of carbonyl (C=O) groups is 3. The van der Waals surface area contributed by atoms with Crippen LogP contribution in [0.4, 0.5) is 23.0 Å². The van der Waals surface area contributed by atoms with Gasteiger partial charge >= 0.3 is 0 Å². The number of ether oxygens (including phenoxy) is 1. The zero-order chi connectivity index (χ0) is 28.4. The molecule has 0 unspecified atom stereocenters. The fourth-order valence-electron chi connectivity index (χ4n) is 6.19. The van der Waals surface area contributed by atoms with Crippen molar-refractivity contribution in [1.82, 2.24) is 15.2 Å². The Balaban J connectivity index is 1.33. The largest absolute Gasteiger partial charge is 0.495 e. The lowest BCUT2D eigenvalue weighted by Gasteiger charge is -2.44. The molecule has 1 atom stereocenters. The third-order valence-corrected chi connectivity index (χ3v) is 8.54. The predicted molar refractivity (Wildman–Crippen MR) is 155 cm³/mol. The molecule has 1 saturated carbocycles. The molecule has 3 heterocycles. The van der Waals surface area contributed by atoms with Gasteiger partial charge in [-0.3, -0.25) is 14.4 Å². The molecule has 10 heteroatoms. The molecule has 0 bridgehead atoms. The first-order valence-electron chi connectivity index (χ1n) is 14.3. The number of benzene rings is 1. The van der Waals surface area contributed by atoms with Gasteiger partial charge in [0.15, 0.2) is 5.82 Å². The highest BCUT2D eigenvalue weighted by Crippen LogP contribution is 2.40. The molecule has 3 aliphatic rings. The number of pyridine rings is 1. The van der Waals surface area contributed by atoms with Crippen LogP contribution in [-0.2, 0) is 9.59 Å². The maximum Gasteiger partial charge on any atom is 0.251 e. The first kappa shape index (κ1) is 27.7. The van der Waals surface area contributed by atoms with Gasteiger partial charge in [-0.1, -0.05) is 19.3 Å². The van der Waals surface area contributed by atoms with Crippen molar-refractivity contribution in [2.45, 2.75) is 76.9 Å². The SMILES string of the molecule is COc1cc(C(=O)NC2CCN(C(C)=O)CC2)ccc1Nc1ccc2c(n1)N(C1CCCCC1)[C@H](C)C(=O)N2C. The number of carbonyl (C=O) groups excluding carboxylic acids is 3. The van der Waals surface area contributed by atoms with Gasteiger partial charge < -0.3 is 30.1 Å². The van der Waals surface area contributed by atoms with Crippen LogP contribution < -0.4 is 25.2 Å². The number of anilines is 4. The van der Waals surface area contributed by atoms with Crippen LogP contribution in [0.3, 0.4) is 0 Å². The van der Waals surface area contributed by atoms with Gasteiger partial charge in [0.25, 0.3) is 5.91 Å². The molecule has 2 aromatic rings. The van der Waals surface area contributed by atoms with Crippen LogP contribution in [0.5, 0.6) is 5.75 Å². The number of piperidine rings is 1. The number of likely N-dealkylation sites (tertiary alicyclic amines) is 1. The summed E-state index contributed by atoms with van der Waals surface area (Å²) in [4.78, 5) is 48.3. The smallest absolute Gasteiger partial charge is 0.251 e. The minimum absolute atomic E-state index is 0.0334. The number of fused-ring (bicyclic) bond motifs is 1. The van der Waals surface area contributed by atoms with Crippen molar-refractivity contribution in [2.75, 3.05) is 42.4 Å². The van der Waals surface area contributed by atoms with Crippen LogP contribution >= 0.6 is 0 Å². The molecule has 1 aromatic heterocycles. The fraction of sp³-hybridized carbons (Fsp3) is 0.533. The van der Waals surface area contributed by atoms with Crippen LogP contribution in [-0.4, -0.2) is 73.0 Å². The van der Waals surface area contributed by atoms with Gasteiger partial charge in [0, 0.05) is 44.7 Å². The number of nitrogens with zero attached hydrogens (tertiary/aromatic N) is 4. The first-order valence-corrected chi connectivity index (χ1v) is 14.3. The number of amides is 3. The Morgan fingerprint density at radius 2 is 1.75 bits per heavy atom. The van der Waals surface area contributed by atoms with E-state index in [0.29, 0.717) is 41.9 Å². The summed E-state index contributed by atoms with van der Waals surface area (Å²) in [6.45, 7) is 4.85. The van der Waals surface area contributed by atoms with E-state index >= 15 is 0 Å². The third kappa shape index (κ3) is 5.57. The van der Waals surface area contributed by atoms with E-state index in [9.17, 15) is 14.4 Å². The number of aromatic nitrogens is 1. The molecule has 1 aromatic carbocycles. The van der Waals surface area contributed by atoms with Gasteiger partial charge in [-0.15, -0.1) is 0 Å². The molecular formula is C30H40N6O4.